The SMILES string of the molecule is C.C.CCC(C)c1ccc(N2c3ccccc3C=Cc3ccccc32)cc1. The van der Waals surface area contributed by atoms with Gasteiger partial charge in [0.15, 0.2) is 0 Å². The Bertz CT molecular complexity index is 856. The van der Waals surface area contributed by atoms with E-state index in [1.165, 1.54) is 40.2 Å². The molecule has 140 valence electrons. The van der Waals surface area contributed by atoms with E-state index >= 15 is 0 Å². The number of rotatable bonds is 3. The van der Waals surface area contributed by atoms with Crippen LogP contribution in [-0.4, -0.2) is 0 Å². The Balaban J connectivity index is 0.00000131. The number of nitrogens with zero attached hydrogens (tertiary/aromatic N) is 1. The van der Waals surface area contributed by atoms with Gasteiger partial charge in [-0.25, -0.2) is 0 Å². The first-order valence-electron chi connectivity index (χ1n) is 9.04. The van der Waals surface area contributed by atoms with Gasteiger partial charge in [0.05, 0.1) is 11.4 Å². The van der Waals surface area contributed by atoms with Crippen LogP contribution in [0.2, 0.25) is 0 Å². The number of hydrogen-bond donors (Lipinski definition) is 0. The van der Waals surface area contributed by atoms with Crippen LogP contribution >= 0.6 is 0 Å². The summed E-state index contributed by atoms with van der Waals surface area (Å²) < 4.78 is 0. The maximum Gasteiger partial charge on any atom is 0.0534 e. The third-order valence-corrected chi connectivity index (χ3v) is 5.13. The lowest BCUT2D eigenvalue weighted by atomic mass is 9.98. The highest BCUT2D eigenvalue weighted by Crippen LogP contribution is 2.41. The average molecular weight is 358 g/mol. The Morgan fingerprint density at radius 1 is 0.704 bits per heavy atom. The molecule has 0 N–H and O–H groups in total. The first-order valence-corrected chi connectivity index (χ1v) is 9.04. The van der Waals surface area contributed by atoms with Crippen LogP contribution in [0.25, 0.3) is 12.2 Å². The molecule has 0 amide bonds. The second-order valence-corrected chi connectivity index (χ2v) is 6.69. The molecule has 0 saturated heterocycles. The van der Waals surface area contributed by atoms with Gasteiger partial charge in [-0.3, -0.25) is 0 Å². The van der Waals surface area contributed by atoms with Crippen molar-refractivity contribution >= 4 is 29.2 Å². The molecule has 27 heavy (non-hydrogen) atoms. The Hall–Kier alpha value is -2.80. The van der Waals surface area contributed by atoms with Crippen LogP contribution in [-0.2, 0) is 0 Å². The summed E-state index contributed by atoms with van der Waals surface area (Å²) >= 11 is 0. The van der Waals surface area contributed by atoms with Gasteiger partial charge in [-0.05, 0) is 53.3 Å². The lowest BCUT2D eigenvalue weighted by Crippen LogP contribution is -2.11. The summed E-state index contributed by atoms with van der Waals surface area (Å²) in [7, 11) is 0. The summed E-state index contributed by atoms with van der Waals surface area (Å²) in [4.78, 5) is 2.37. The molecule has 3 aromatic rings. The second kappa shape index (κ2) is 8.73. The van der Waals surface area contributed by atoms with E-state index in [1.807, 2.05) is 0 Å². The number of para-hydroxylation sites is 2. The van der Waals surface area contributed by atoms with Crippen molar-refractivity contribution in [3.05, 3.63) is 89.5 Å². The summed E-state index contributed by atoms with van der Waals surface area (Å²) in [5.74, 6) is 0.597. The van der Waals surface area contributed by atoms with Crippen LogP contribution in [0.1, 0.15) is 57.7 Å². The number of hydrogen-bond acceptors (Lipinski definition) is 1. The summed E-state index contributed by atoms with van der Waals surface area (Å²) in [6.07, 6.45) is 5.59. The van der Waals surface area contributed by atoms with Crippen molar-refractivity contribution in [2.45, 2.75) is 41.0 Å². The molecular weight excluding hydrogens is 326 g/mol. The molecule has 1 aliphatic rings. The van der Waals surface area contributed by atoms with E-state index < -0.39 is 0 Å². The molecule has 1 unspecified atom stereocenters. The normalized spacial score (nSPS) is 12.7. The molecular formula is C26H31N. The standard InChI is InChI=1S/C24H23N.2CH4/c1-3-18(2)19-14-16-22(17-15-19)25-23-10-6-4-8-20(23)12-13-21-9-5-7-11-24(21)25;;/h4-18H,3H2,1-2H3;2*1H4. The van der Waals surface area contributed by atoms with Gasteiger partial charge in [0.2, 0.25) is 0 Å². The second-order valence-electron chi connectivity index (χ2n) is 6.69. The van der Waals surface area contributed by atoms with Gasteiger partial charge >= 0.3 is 0 Å². The highest BCUT2D eigenvalue weighted by Gasteiger charge is 2.19. The molecule has 1 aliphatic heterocycles. The van der Waals surface area contributed by atoms with E-state index in [2.05, 4.69) is 104 Å². The minimum Gasteiger partial charge on any atom is -0.309 e. The van der Waals surface area contributed by atoms with Gasteiger partial charge < -0.3 is 4.90 Å². The first-order chi connectivity index (χ1) is 12.3. The Labute approximate surface area is 165 Å². The largest absolute Gasteiger partial charge is 0.309 e. The maximum atomic E-state index is 2.37. The number of benzene rings is 3. The smallest absolute Gasteiger partial charge is 0.0534 e. The fraction of sp³-hybridized carbons (Fsp3) is 0.231. The molecule has 1 nitrogen and oxygen atoms in total. The van der Waals surface area contributed by atoms with Crippen molar-refractivity contribution < 1.29 is 0 Å². The fourth-order valence-electron chi connectivity index (χ4n) is 3.44. The zero-order chi connectivity index (χ0) is 17.2. The molecule has 0 fully saturated rings. The lowest BCUT2D eigenvalue weighted by Gasteiger charge is -2.27. The minimum absolute atomic E-state index is 0. The van der Waals surface area contributed by atoms with Crippen LogP contribution in [0.15, 0.2) is 72.8 Å². The fourth-order valence-corrected chi connectivity index (χ4v) is 3.44. The third-order valence-electron chi connectivity index (χ3n) is 5.13. The van der Waals surface area contributed by atoms with Crippen LogP contribution < -0.4 is 4.90 Å². The van der Waals surface area contributed by atoms with E-state index in [4.69, 9.17) is 0 Å². The Morgan fingerprint density at radius 2 is 1.19 bits per heavy atom. The quantitative estimate of drug-likeness (QED) is 0.355. The molecule has 4 rings (SSSR count). The van der Waals surface area contributed by atoms with Crippen LogP contribution in [0, 0.1) is 0 Å². The predicted molar refractivity (Wildman–Crippen MR) is 122 cm³/mol. The van der Waals surface area contributed by atoms with E-state index in [-0.39, 0.29) is 14.9 Å². The maximum absolute atomic E-state index is 2.37. The molecule has 1 atom stereocenters. The predicted octanol–water partition coefficient (Wildman–Crippen LogP) is 8.43. The zero-order valence-corrected chi connectivity index (χ0v) is 14.8. The molecule has 0 bridgehead atoms. The van der Waals surface area contributed by atoms with Crippen LogP contribution in [0.3, 0.4) is 0 Å². The third kappa shape index (κ3) is 3.83. The summed E-state index contributed by atoms with van der Waals surface area (Å²) in [5.41, 5.74) is 7.53. The van der Waals surface area contributed by atoms with Crippen LogP contribution in [0.4, 0.5) is 17.1 Å². The highest BCUT2D eigenvalue weighted by atomic mass is 15.1. The Kier molecular flexibility index (Phi) is 6.63. The lowest BCUT2D eigenvalue weighted by molar-refractivity contribution is 0.733. The summed E-state index contributed by atoms with van der Waals surface area (Å²) in [5, 5.41) is 0. The summed E-state index contributed by atoms with van der Waals surface area (Å²) in [6, 6.07) is 26.2. The van der Waals surface area contributed by atoms with Crippen molar-refractivity contribution in [1.29, 1.82) is 0 Å². The van der Waals surface area contributed by atoms with Gasteiger partial charge in [0.1, 0.15) is 0 Å². The van der Waals surface area contributed by atoms with Gasteiger partial charge in [-0.1, -0.05) is 89.4 Å². The highest BCUT2D eigenvalue weighted by molar-refractivity contribution is 5.93. The molecule has 1 heteroatoms. The van der Waals surface area contributed by atoms with Crippen molar-refractivity contribution in [3.63, 3.8) is 0 Å². The molecule has 0 aromatic heterocycles. The first kappa shape index (κ1) is 20.5. The van der Waals surface area contributed by atoms with Gasteiger partial charge in [0, 0.05) is 5.69 Å². The van der Waals surface area contributed by atoms with Gasteiger partial charge in [0.25, 0.3) is 0 Å². The molecule has 0 aliphatic carbocycles. The molecule has 0 radical (unpaired) electrons. The topological polar surface area (TPSA) is 3.24 Å². The molecule has 1 heterocycles. The van der Waals surface area contributed by atoms with Gasteiger partial charge in [-0.15, -0.1) is 0 Å². The molecule has 3 aromatic carbocycles. The van der Waals surface area contributed by atoms with Gasteiger partial charge in [-0.2, -0.15) is 0 Å². The van der Waals surface area contributed by atoms with Crippen molar-refractivity contribution in [2.24, 2.45) is 0 Å². The molecule has 0 spiro atoms. The number of fused-ring (bicyclic) bond motifs is 2. The van der Waals surface area contributed by atoms with E-state index in [0.29, 0.717) is 5.92 Å². The monoisotopic (exact) mass is 357 g/mol. The average Bonchev–Trinajstić information content (AvgIpc) is 2.84. The van der Waals surface area contributed by atoms with E-state index in [9.17, 15) is 0 Å². The molecule has 0 saturated carbocycles. The van der Waals surface area contributed by atoms with E-state index in [1.54, 1.807) is 0 Å². The van der Waals surface area contributed by atoms with E-state index in [0.717, 1.165) is 0 Å². The zero-order valence-electron chi connectivity index (χ0n) is 14.8. The van der Waals surface area contributed by atoms with Crippen LogP contribution in [0.5, 0.6) is 0 Å². The Morgan fingerprint density at radius 3 is 1.67 bits per heavy atom. The van der Waals surface area contributed by atoms with Crippen molar-refractivity contribution in [2.75, 3.05) is 4.90 Å². The van der Waals surface area contributed by atoms with Crippen molar-refractivity contribution in [3.8, 4) is 0 Å². The van der Waals surface area contributed by atoms with Crippen molar-refractivity contribution in [1.82, 2.24) is 0 Å². The summed E-state index contributed by atoms with van der Waals surface area (Å²) in [6.45, 7) is 4.53. The minimum atomic E-state index is 0. The number of anilines is 3.